The molecule has 160 valence electrons. The van der Waals surface area contributed by atoms with Crippen LogP contribution in [0.2, 0.25) is 0 Å². The van der Waals surface area contributed by atoms with Crippen LogP contribution in [0.4, 0.5) is 5.82 Å². The van der Waals surface area contributed by atoms with E-state index in [9.17, 15) is 14.4 Å². The Morgan fingerprint density at radius 3 is 2.42 bits per heavy atom. The van der Waals surface area contributed by atoms with Crippen molar-refractivity contribution in [2.45, 2.75) is 33.6 Å². The van der Waals surface area contributed by atoms with Crippen molar-refractivity contribution in [1.29, 1.82) is 0 Å². The molecule has 7 nitrogen and oxygen atoms in total. The molecule has 0 radical (unpaired) electrons. The van der Waals surface area contributed by atoms with Crippen molar-refractivity contribution in [3.05, 3.63) is 77.0 Å². The number of rotatable bonds is 8. The molecule has 1 N–H and O–H groups in total. The fourth-order valence-electron chi connectivity index (χ4n) is 3.07. The summed E-state index contributed by atoms with van der Waals surface area (Å²) in [6, 6.07) is 14.6. The van der Waals surface area contributed by atoms with Crippen LogP contribution in [0.1, 0.15) is 51.6 Å². The van der Waals surface area contributed by atoms with Crippen molar-refractivity contribution in [2.24, 2.45) is 0 Å². The minimum Gasteiger partial charge on any atom is -0.462 e. The van der Waals surface area contributed by atoms with Gasteiger partial charge in [0.1, 0.15) is 5.56 Å². The first-order chi connectivity index (χ1) is 14.9. The van der Waals surface area contributed by atoms with Crippen LogP contribution in [0.3, 0.4) is 0 Å². The van der Waals surface area contributed by atoms with Crippen LogP contribution in [0, 0.1) is 13.8 Å². The number of carbonyl (C=O) groups is 3. The number of Topliss-reactive ketones (excluding diaryl/α,β-unsaturated/α-hetero) is 1. The molecule has 0 fully saturated rings. The van der Waals surface area contributed by atoms with Crippen molar-refractivity contribution in [2.75, 3.05) is 11.9 Å². The average Bonchev–Trinajstić information content (AvgIpc) is 3.18. The SMILES string of the molecule is CCOC(=O)c1cnn(-c2ccccc2)c1NC(=O)CCC(=O)c1ccc(C)c(C)c1. The van der Waals surface area contributed by atoms with Crippen LogP contribution in [0.5, 0.6) is 0 Å². The minimum absolute atomic E-state index is 0.0198. The van der Waals surface area contributed by atoms with E-state index in [1.165, 1.54) is 10.9 Å². The number of nitrogens with one attached hydrogen (secondary N) is 1. The molecule has 7 heteroatoms. The van der Waals surface area contributed by atoms with Crippen molar-refractivity contribution in [3.63, 3.8) is 0 Å². The normalized spacial score (nSPS) is 10.5. The minimum atomic E-state index is -0.578. The number of aromatic nitrogens is 2. The van der Waals surface area contributed by atoms with Gasteiger partial charge < -0.3 is 10.1 Å². The molecule has 0 atom stereocenters. The molecule has 2 aromatic carbocycles. The zero-order valence-corrected chi connectivity index (χ0v) is 17.8. The van der Waals surface area contributed by atoms with Crippen LogP contribution in [0.15, 0.2) is 54.7 Å². The first-order valence-electron chi connectivity index (χ1n) is 10.1. The number of esters is 1. The monoisotopic (exact) mass is 419 g/mol. The van der Waals surface area contributed by atoms with E-state index >= 15 is 0 Å². The first kappa shape index (κ1) is 22.0. The molecule has 3 rings (SSSR count). The van der Waals surface area contributed by atoms with Gasteiger partial charge in [-0.3, -0.25) is 9.59 Å². The number of hydrogen-bond acceptors (Lipinski definition) is 5. The Bertz CT molecular complexity index is 1100. The fraction of sp³-hybridized carbons (Fsp3) is 0.250. The number of aryl methyl sites for hydroxylation is 2. The summed E-state index contributed by atoms with van der Waals surface area (Å²) in [6.07, 6.45) is 1.40. The summed E-state index contributed by atoms with van der Waals surface area (Å²) >= 11 is 0. The maximum atomic E-state index is 12.6. The van der Waals surface area contributed by atoms with Gasteiger partial charge in [-0.25, -0.2) is 9.48 Å². The van der Waals surface area contributed by atoms with E-state index in [-0.39, 0.29) is 42.5 Å². The molecular weight excluding hydrogens is 394 g/mol. The summed E-state index contributed by atoms with van der Waals surface area (Å²) in [4.78, 5) is 37.4. The summed E-state index contributed by atoms with van der Waals surface area (Å²) in [5.41, 5.74) is 3.55. The number of ether oxygens (including phenoxy) is 1. The van der Waals surface area contributed by atoms with Gasteiger partial charge in [-0.15, -0.1) is 0 Å². The van der Waals surface area contributed by atoms with Crippen molar-refractivity contribution in [1.82, 2.24) is 9.78 Å². The van der Waals surface area contributed by atoms with Crippen molar-refractivity contribution < 1.29 is 19.1 Å². The van der Waals surface area contributed by atoms with Crippen LogP contribution >= 0.6 is 0 Å². The highest BCUT2D eigenvalue weighted by atomic mass is 16.5. The number of anilines is 1. The smallest absolute Gasteiger partial charge is 0.343 e. The molecule has 1 amide bonds. The largest absolute Gasteiger partial charge is 0.462 e. The molecule has 0 bridgehead atoms. The third-order valence-electron chi connectivity index (χ3n) is 4.93. The number of nitrogens with zero attached hydrogens (tertiary/aromatic N) is 2. The highest BCUT2D eigenvalue weighted by Gasteiger charge is 2.22. The van der Waals surface area contributed by atoms with Gasteiger partial charge in [-0.1, -0.05) is 30.3 Å². The molecule has 1 aromatic heterocycles. The summed E-state index contributed by atoms with van der Waals surface area (Å²) in [5, 5.41) is 6.97. The number of ketones is 1. The van der Waals surface area contributed by atoms with Gasteiger partial charge in [0.05, 0.1) is 18.5 Å². The third kappa shape index (κ3) is 5.25. The van der Waals surface area contributed by atoms with E-state index in [0.29, 0.717) is 11.3 Å². The van der Waals surface area contributed by atoms with Gasteiger partial charge in [0.15, 0.2) is 11.6 Å². The van der Waals surface area contributed by atoms with Gasteiger partial charge in [0.2, 0.25) is 5.91 Å². The Kier molecular flexibility index (Phi) is 6.97. The van der Waals surface area contributed by atoms with Gasteiger partial charge in [-0.05, 0) is 50.1 Å². The molecule has 0 spiro atoms. The van der Waals surface area contributed by atoms with E-state index in [2.05, 4.69) is 10.4 Å². The molecule has 0 aliphatic carbocycles. The van der Waals surface area contributed by atoms with Crippen molar-refractivity contribution in [3.8, 4) is 5.69 Å². The molecule has 31 heavy (non-hydrogen) atoms. The average molecular weight is 419 g/mol. The zero-order chi connectivity index (χ0) is 22.4. The second-order valence-corrected chi connectivity index (χ2v) is 7.15. The zero-order valence-electron chi connectivity index (χ0n) is 17.8. The lowest BCUT2D eigenvalue weighted by Gasteiger charge is -2.11. The molecule has 0 unspecified atom stereocenters. The Balaban J connectivity index is 1.76. The van der Waals surface area contributed by atoms with Gasteiger partial charge >= 0.3 is 5.97 Å². The fourth-order valence-corrected chi connectivity index (χ4v) is 3.07. The lowest BCUT2D eigenvalue weighted by Crippen LogP contribution is -2.18. The highest BCUT2D eigenvalue weighted by Crippen LogP contribution is 2.22. The van der Waals surface area contributed by atoms with E-state index in [4.69, 9.17) is 4.74 Å². The predicted octanol–water partition coefficient (Wildman–Crippen LogP) is 4.27. The topological polar surface area (TPSA) is 90.3 Å². The maximum absolute atomic E-state index is 12.6. The lowest BCUT2D eigenvalue weighted by molar-refractivity contribution is -0.116. The Morgan fingerprint density at radius 1 is 1.00 bits per heavy atom. The molecular formula is C24H25N3O4. The van der Waals surface area contributed by atoms with E-state index in [0.717, 1.165) is 11.1 Å². The highest BCUT2D eigenvalue weighted by molar-refractivity contribution is 6.03. The molecule has 1 heterocycles. The molecule has 3 aromatic rings. The van der Waals surface area contributed by atoms with Crippen molar-refractivity contribution >= 4 is 23.5 Å². The number of para-hydroxylation sites is 1. The Morgan fingerprint density at radius 2 is 1.74 bits per heavy atom. The molecule has 0 saturated carbocycles. The van der Waals surface area contributed by atoms with Crippen LogP contribution < -0.4 is 5.32 Å². The van der Waals surface area contributed by atoms with Crippen LogP contribution in [-0.4, -0.2) is 34.0 Å². The second kappa shape index (κ2) is 9.84. The Labute approximate surface area is 181 Å². The molecule has 0 saturated heterocycles. The third-order valence-corrected chi connectivity index (χ3v) is 4.93. The van der Waals surface area contributed by atoms with E-state index in [1.54, 1.807) is 25.1 Å². The van der Waals surface area contributed by atoms with E-state index < -0.39 is 5.97 Å². The standard InChI is InChI=1S/C24H25N3O4/c1-4-31-24(30)20-15-25-27(19-8-6-5-7-9-19)23(20)26-22(29)13-12-21(28)18-11-10-16(2)17(3)14-18/h5-11,14-15H,4,12-13H2,1-3H3,(H,26,29). The van der Waals surface area contributed by atoms with Crippen LogP contribution in [-0.2, 0) is 9.53 Å². The number of amides is 1. The summed E-state index contributed by atoms with van der Waals surface area (Å²) in [6.45, 7) is 5.83. The molecule has 0 aliphatic rings. The maximum Gasteiger partial charge on any atom is 0.343 e. The van der Waals surface area contributed by atoms with Gasteiger partial charge in [-0.2, -0.15) is 5.10 Å². The quantitative estimate of drug-likeness (QED) is 0.435. The first-order valence-corrected chi connectivity index (χ1v) is 10.1. The summed E-state index contributed by atoms with van der Waals surface area (Å²) in [5.74, 6) is -0.861. The van der Waals surface area contributed by atoms with E-state index in [1.807, 2.05) is 44.2 Å². The number of hydrogen-bond donors (Lipinski definition) is 1. The molecule has 0 aliphatic heterocycles. The summed E-state index contributed by atoms with van der Waals surface area (Å²) in [7, 11) is 0. The predicted molar refractivity (Wildman–Crippen MR) is 118 cm³/mol. The second-order valence-electron chi connectivity index (χ2n) is 7.15. The van der Waals surface area contributed by atoms with Gasteiger partial charge in [0, 0.05) is 18.4 Å². The number of benzene rings is 2. The Hall–Kier alpha value is -3.74. The number of carbonyl (C=O) groups excluding carboxylic acids is 3. The van der Waals surface area contributed by atoms with Crippen LogP contribution in [0.25, 0.3) is 5.69 Å². The summed E-state index contributed by atoms with van der Waals surface area (Å²) < 4.78 is 6.55. The van der Waals surface area contributed by atoms with Gasteiger partial charge in [0.25, 0.3) is 0 Å². The lowest BCUT2D eigenvalue weighted by atomic mass is 10.0.